The van der Waals surface area contributed by atoms with Gasteiger partial charge in [-0.1, -0.05) is 0 Å². The minimum absolute atomic E-state index is 0.521. The van der Waals surface area contributed by atoms with Crippen molar-refractivity contribution in [3.8, 4) is 5.75 Å². The number of methoxy groups -OCH3 is 1. The molecule has 0 fully saturated rings. The van der Waals surface area contributed by atoms with Crippen molar-refractivity contribution in [3.05, 3.63) is 39.0 Å². The van der Waals surface area contributed by atoms with Crippen molar-refractivity contribution >= 4 is 44.2 Å². The summed E-state index contributed by atoms with van der Waals surface area (Å²) in [6.45, 7) is 0.727. The Labute approximate surface area is 123 Å². The summed E-state index contributed by atoms with van der Waals surface area (Å²) in [6.07, 6.45) is 0. The number of halogens is 1. The van der Waals surface area contributed by atoms with Gasteiger partial charge in [-0.05, 0) is 34.1 Å². The highest BCUT2D eigenvalue weighted by Crippen LogP contribution is 2.26. The molecule has 0 bridgehead atoms. The van der Waals surface area contributed by atoms with Crippen LogP contribution in [0.5, 0.6) is 5.75 Å². The Morgan fingerprint density at radius 2 is 2.26 bits per heavy atom. The van der Waals surface area contributed by atoms with Gasteiger partial charge in [0.25, 0.3) is 0 Å². The largest absolute Gasteiger partial charge is 0.497 e. The summed E-state index contributed by atoms with van der Waals surface area (Å²) in [6, 6.07) is 7.90. The lowest BCUT2D eigenvalue weighted by atomic mass is 10.3. The summed E-state index contributed by atoms with van der Waals surface area (Å²) in [7, 11) is 1.64. The summed E-state index contributed by atoms with van der Waals surface area (Å²) < 4.78 is 8.30. The van der Waals surface area contributed by atoms with E-state index in [1.54, 1.807) is 18.4 Å². The van der Waals surface area contributed by atoms with Crippen LogP contribution in [0.3, 0.4) is 0 Å². The number of nitrogens with zero attached hydrogens (tertiary/aromatic N) is 2. The molecule has 0 saturated carbocycles. The smallest absolute Gasteiger partial charge is 0.201 e. The highest BCUT2D eigenvalue weighted by atomic mass is 79.9. The van der Waals surface area contributed by atoms with E-state index in [1.807, 2.05) is 22.8 Å². The molecule has 0 aliphatic carbocycles. The zero-order valence-corrected chi connectivity index (χ0v) is 12.7. The fraction of sp³-hybridized carbons (Fsp3) is 0.154. The first-order chi connectivity index (χ1) is 9.17. The summed E-state index contributed by atoms with van der Waals surface area (Å²) in [5, 5.41) is 2.06. The quantitative estimate of drug-likeness (QED) is 0.795. The lowest BCUT2D eigenvalue weighted by Gasteiger charge is -2.04. The molecule has 19 heavy (non-hydrogen) atoms. The van der Waals surface area contributed by atoms with Crippen LogP contribution in [-0.2, 0) is 6.54 Å². The summed E-state index contributed by atoms with van der Waals surface area (Å²) in [5.74, 6) is 1.31. The molecule has 0 amide bonds. The second kappa shape index (κ2) is 4.86. The van der Waals surface area contributed by atoms with Crippen molar-refractivity contribution in [1.82, 2.24) is 9.55 Å². The third kappa shape index (κ3) is 2.33. The number of hydrogen-bond donors (Lipinski definition) is 1. The van der Waals surface area contributed by atoms with Gasteiger partial charge < -0.3 is 15.0 Å². The van der Waals surface area contributed by atoms with Crippen LogP contribution in [0.25, 0.3) is 11.0 Å². The first-order valence-corrected chi connectivity index (χ1v) is 7.37. The Morgan fingerprint density at radius 1 is 1.42 bits per heavy atom. The van der Waals surface area contributed by atoms with Gasteiger partial charge in [0.1, 0.15) is 5.75 Å². The molecule has 0 unspecified atom stereocenters. The highest BCUT2D eigenvalue weighted by molar-refractivity contribution is 9.10. The average molecular weight is 338 g/mol. The van der Waals surface area contributed by atoms with Gasteiger partial charge in [-0.15, -0.1) is 11.3 Å². The molecule has 2 aromatic heterocycles. The fourth-order valence-electron chi connectivity index (χ4n) is 2.01. The van der Waals surface area contributed by atoms with E-state index in [4.69, 9.17) is 10.5 Å². The van der Waals surface area contributed by atoms with E-state index < -0.39 is 0 Å². The lowest BCUT2D eigenvalue weighted by Crippen LogP contribution is -2.03. The topological polar surface area (TPSA) is 53.1 Å². The molecule has 3 aromatic rings. The number of anilines is 1. The Hall–Kier alpha value is -1.53. The number of benzene rings is 1. The third-order valence-corrected chi connectivity index (χ3v) is 4.60. The van der Waals surface area contributed by atoms with Crippen molar-refractivity contribution in [3.63, 3.8) is 0 Å². The fourth-order valence-corrected chi connectivity index (χ4v) is 3.45. The van der Waals surface area contributed by atoms with E-state index >= 15 is 0 Å². The van der Waals surface area contributed by atoms with Crippen LogP contribution in [0.15, 0.2) is 34.1 Å². The highest BCUT2D eigenvalue weighted by Gasteiger charge is 2.10. The molecule has 98 valence electrons. The molecule has 4 nitrogen and oxygen atoms in total. The number of nitrogens with two attached hydrogens (primary N) is 1. The summed E-state index contributed by atoms with van der Waals surface area (Å²) >= 11 is 5.16. The van der Waals surface area contributed by atoms with Crippen LogP contribution in [0.1, 0.15) is 4.88 Å². The van der Waals surface area contributed by atoms with Crippen molar-refractivity contribution in [2.75, 3.05) is 12.8 Å². The maximum Gasteiger partial charge on any atom is 0.201 e. The van der Waals surface area contributed by atoms with E-state index in [1.165, 1.54) is 4.88 Å². The molecule has 2 heterocycles. The predicted octanol–water partition coefficient (Wildman–Crippen LogP) is 3.50. The van der Waals surface area contributed by atoms with Crippen LogP contribution in [-0.4, -0.2) is 16.7 Å². The maximum absolute atomic E-state index is 6.00. The first kappa shape index (κ1) is 12.5. The maximum atomic E-state index is 6.00. The van der Waals surface area contributed by atoms with Crippen LogP contribution >= 0.6 is 27.3 Å². The minimum Gasteiger partial charge on any atom is -0.497 e. The first-order valence-electron chi connectivity index (χ1n) is 5.70. The SMILES string of the molecule is COc1ccc2c(c1)nc(N)n2Cc1cc(Br)cs1. The van der Waals surface area contributed by atoms with Crippen molar-refractivity contribution in [2.45, 2.75) is 6.54 Å². The van der Waals surface area contributed by atoms with E-state index in [0.29, 0.717) is 5.95 Å². The average Bonchev–Trinajstić information content (AvgIpc) is 2.94. The number of aromatic nitrogens is 2. The molecule has 1 aromatic carbocycles. The number of ether oxygens (including phenoxy) is 1. The third-order valence-electron chi connectivity index (χ3n) is 2.92. The number of rotatable bonds is 3. The van der Waals surface area contributed by atoms with Crippen molar-refractivity contribution in [2.24, 2.45) is 0 Å². The Bertz CT molecular complexity index is 735. The van der Waals surface area contributed by atoms with Crippen LogP contribution in [0.4, 0.5) is 5.95 Å². The van der Waals surface area contributed by atoms with Crippen LogP contribution < -0.4 is 10.5 Å². The Balaban J connectivity index is 2.05. The molecular formula is C13H12BrN3OS. The number of nitrogen functional groups attached to an aromatic ring is 1. The predicted molar refractivity (Wildman–Crippen MR) is 81.8 cm³/mol. The molecule has 2 N–H and O–H groups in total. The van der Waals surface area contributed by atoms with Gasteiger partial charge in [0.05, 0.1) is 24.7 Å². The number of fused-ring (bicyclic) bond motifs is 1. The van der Waals surface area contributed by atoms with Crippen molar-refractivity contribution in [1.29, 1.82) is 0 Å². The van der Waals surface area contributed by atoms with E-state index in [2.05, 4.69) is 32.4 Å². The standard InChI is InChI=1S/C13H12BrN3OS/c1-18-9-2-3-12-11(5-9)16-13(15)17(12)6-10-4-8(14)7-19-10/h2-5,7H,6H2,1H3,(H2,15,16). The summed E-state index contributed by atoms with van der Waals surface area (Å²) in [5.41, 5.74) is 7.87. The van der Waals surface area contributed by atoms with Gasteiger partial charge >= 0.3 is 0 Å². The number of hydrogen-bond acceptors (Lipinski definition) is 4. The van der Waals surface area contributed by atoms with Gasteiger partial charge in [0, 0.05) is 20.8 Å². The van der Waals surface area contributed by atoms with Gasteiger partial charge in [-0.3, -0.25) is 0 Å². The molecule has 6 heteroatoms. The second-order valence-electron chi connectivity index (χ2n) is 4.14. The zero-order valence-electron chi connectivity index (χ0n) is 10.3. The molecular weight excluding hydrogens is 326 g/mol. The van der Waals surface area contributed by atoms with Gasteiger partial charge in [0.15, 0.2) is 0 Å². The van der Waals surface area contributed by atoms with Gasteiger partial charge in [0.2, 0.25) is 5.95 Å². The van der Waals surface area contributed by atoms with E-state index in [0.717, 1.165) is 27.8 Å². The molecule has 0 spiro atoms. The van der Waals surface area contributed by atoms with Crippen LogP contribution in [0.2, 0.25) is 0 Å². The molecule has 0 aliphatic heterocycles. The molecule has 0 atom stereocenters. The van der Waals surface area contributed by atoms with Gasteiger partial charge in [-0.25, -0.2) is 4.98 Å². The number of imidazole rings is 1. The molecule has 0 radical (unpaired) electrons. The normalized spacial score (nSPS) is 11.1. The van der Waals surface area contributed by atoms with E-state index in [9.17, 15) is 0 Å². The summed E-state index contributed by atoms with van der Waals surface area (Å²) in [4.78, 5) is 5.61. The molecule has 0 aliphatic rings. The van der Waals surface area contributed by atoms with Gasteiger partial charge in [-0.2, -0.15) is 0 Å². The Morgan fingerprint density at radius 3 is 2.95 bits per heavy atom. The zero-order chi connectivity index (χ0) is 13.4. The molecule has 3 rings (SSSR count). The monoisotopic (exact) mass is 337 g/mol. The van der Waals surface area contributed by atoms with Crippen LogP contribution in [0, 0.1) is 0 Å². The van der Waals surface area contributed by atoms with E-state index in [-0.39, 0.29) is 0 Å². The minimum atomic E-state index is 0.521. The second-order valence-corrected chi connectivity index (χ2v) is 6.05. The number of thiophene rings is 1. The van der Waals surface area contributed by atoms with Crippen molar-refractivity contribution < 1.29 is 4.74 Å². The Kier molecular flexibility index (Phi) is 3.20. The molecule has 0 saturated heterocycles. The lowest BCUT2D eigenvalue weighted by molar-refractivity contribution is 0.415.